The summed E-state index contributed by atoms with van der Waals surface area (Å²) in [6.45, 7) is 3.38. The number of alkyl halides is 4. The molecule has 4 aliphatic rings. The van der Waals surface area contributed by atoms with Crippen molar-refractivity contribution in [2.75, 3.05) is 26.8 Å². The number of piperidine rings is 1. The number of likely N-dealkylation sites (tertiary alicyclic amines) is 1. The number of rotatable bonds is 6. The minimum absolute atomic E-state index is 0.104. The number of hydrogen-bond donors (Lipinski definition) is 2. The number of pyridine rings is 1. The highest BCUT2D eigenvalue weighted by Crippen LogP contribution is 2.48. The van der Waals surface area contributed by atoms with Crippen LogP contribution in [0.1, 0.15) is 75.5 Å². The van der Waals surface area contributed by atoms with E-state index in [-0.39, 0.29) is 42.0 Å². The number of nitrogens with zero attached hydrogens (tertiary/aromatic N) is 5. The number of halogens is 4. The van der Waals surface area contributed by atoms with E-state index in [0.29, 0.717) is 56.9 Å². The fourth-order valence-electron chi connectivity index (χ4n) is 7.85. The summed E-state index contributed by atoms with van der Waals surface area (Å²) >= 11 is 0. The van der Waals surface area contributed by atoms with Gasteiger partial charge in [-0.2, -0.15) is 18.4 Å². The van der Waals surface area contributed by atoms with Gasteiger partial charge in [0.15, 0.2) is 0 Å². The van der Waals surface area contributed by atoms with Gasteiger partial charge in [-0.15, -0.1) is 0 Å². The zero-order valence-electron chi connectivity index (χ0n) is 24.3. The summed E-state index contributed by atoms with van der Waals surface area (Å²) in [4.78, 5) is 18.0. The SMILES string of the molecule is CN1CNNC1[C@@H](C1CCC1)C1CC(C#N)CC(n2cc3c(C(F)(F)F)cc(CN4CCC(C)(F)CC4)cn3c2=O)C1. The molecule has 4 heterocycles. The van der Waals surface area contributed by atoms with Crippen LogP contribution >= 0.6 is 0 Å². The molecule has 2 aromatic heterocycles. The summed E-state index contributed by atoms with van der Waals surface area (Å²) in [6.07, 6.45) is 4.22. The van der Waals surface area contributed by atoms with Crippen molar-refractivity contribution >= 4 is 5.52 Å². The van der Waals surface area contributed by atoms with Crippen molar-refractivity contribution in [1.82, 2.24) is 29.6 Å². The van der Waals surface area contributed by atoms with Gasteiger partial charge in [-0.05, 0) is 75.5 Å². The molecule has 5 atom stereocenters. The Hall–Kier alpha value is -2.46. The van der Waals surface area contributed by atoms with Gasteiger partial charge in [0.05, 0.1) is 30.0 Å². The van der Waals surface area contributed by atoms with E-state index in [0.717, 1.165) is 29.7 Å². The topological polar surface area (TPSA) is 80.7 Å². The lowest BCUT2D eigenvalue weighted by Crippen LogP contribution is -2.50. The summed E-state index contributed by atoms with van der Waals surface area (Å²) in [5, 5.41) is 10.0. The number of fused-ring (bicyclic) bond motifs is 1. The third-order valence-corrected chi connectivity index (χ3v) is 10.4. The van der Waals surface area contributed by atoms with Crippen LogP contribution in [-0.2, 0) is 12.7 Å². The number of nitrogens with one attached hydrogen (secondary N) is 2. The lowest BCUT2D eigenvalue weighted by molar-refractivity contribution is -0.136. The Kier molecular flexibility index (Phi) is 7.92. The number of hydrogen-bond acceptors (Lipinski definition) is 6. The largest absolute Gasteiger partial charge is 0.418 e. The highest BCUT2D eigenvalue weighted by molar-refractivity contribution is 5.56. The molecule has 0 bridgehead atoms. The fraction of sp³-hybridized carbons (Fsp3) is 0.733. The van der Waals surface area contributed by atoms with Crippen molar-refractivity contribution in [3.05, 3.63) is 40.1 Å². The van der Waals surface area contributed by atoms with Gasteiger partial charge in [-0.3, -0.25) is 18.8 Å². The van der Waals surface area contributed by atoms with Gasteiger partial charge in [0.25, 0.3) is 0 Å². The van der Waals surface area contributed by atoms with E-state index in [9.17, 15) is 27.6 Å². The smallest absolute Gasteiger partial charge is 0.299 e. The molecule has 8 nitrogen and oxygen atoms in total. The molecule has 6 rings (SSSR count). The standard InChI is InChI=1S/C30H41F4N7O/c1-29(31)6-8-39(9-7-29)15-20-12-24(30(32,33)34)25-17-40(28(42)41(25)16-20)23-11-19(14-35)10-22(13-23)26(21-4-3-5-21)27-37-36-18-38(27)2/h12,16-17,19,21-23,26-27,36-37H,3-11,13,15,18H2,1-2H3/t19?,22?,23?,26-,27?/m0/s1. The molecular formula is C30H41F4N7O. The van der Waals surface area contributed by atoms with E-state index >= 15 is 0 Å². The highest BCUT2D eigenvalue weighted by Gasteiger charge is 2.45. The minimum Gasteiger partial charge on any atom is -0.299 e. The maximum Gasteiger partial charge on any atom is 0.418 e. The molecule has 0 radical (unpaired) electrons. The first-order valence-electron chi connectivity index (χ1n) is 15.3. The Bertz CT molecular complexity index is 1380. The van der Waals surface area contributed by atoms with Crippen LogP contribution in [0.15, 0.2) is 23.3 Å². The van der Waals surface area contributed by atoms with Crippen LogP contribution in [-0.4, -0.2) is 57.4 Å². The second-order valence-electron chi connectivity index (χ2n) is 13.4. The molecule has 4 fully saturated rings. The number of imidazole rings is 1. The summed E-state index contributed by atoms with van der Waals surface area (Å²) in [6, 6.07) is 3.20. The number of nitriles is 1. The van der Waals surface area contributed by atoms with Crippen LogP contribution in [0, 0.1) is 35.0 Å². The van der Waals surface area contributed by atoms with Gasteiger partial charge in [-0.25, -0.2) is 20.0 Å². The predicted octanol–water partition coefficient (Wildman–Crippen LogP) is 4.66. The Morgan fingerprint density at radius 3 is 2.48 bits per heavy atom. The minimum atomic E-state index is -4.65. The number of hydrazine groups is 1. The van der Waals surface area contributed by atoms with Crippen LogP contribution < -0.4 is 16.5 Å². The van der Waals surface area contributed by atoms with E-state index in [2.05, 4.69) is 28.9 Å². The predicted molar refractivity (Wildman–Crippen MR) is 150 cm³/mol. The van der Waals surface area contributed by atoms with E-state index in [1.807, 2.05) is 4.90 Å². The van der Waals surface area contributed by atoms with Crippen molar-refractivity contribution in [2.45, 2.75) is 88.9 Å². The average Bonchev–Trinajstić information content (AvgIpc) is 3.48. The molecule has 42 heavy (non-hydrogen) atoms. The van der Waals surface area contributed by atoms with E-state index in [1.54, 1.807) is 6.92 Å². The van der Waals surface area contributed by atoms with E-state index in [4.69, 9.17) is 0 Å². The maximum absolute atomic E-state index is 14.3. The Balaban J connectivity index is 1.33. The maximum atomic E-state index is 14.3. The summed E-state index contributed by atoms with van der Waals surface area (Å²) in [5.41, 5.74) is 4.23. The number of aromatic nitrogens is 2. The van der Waals surface area contributed by atoms with Crippen LogP contribution in [0.3, 0.4) is 0 Å². The molecule has 4 unspecified atom stereocenters. The van der Waals surface area contributed by atoms with Crippen molar-refractivity contribution in [2.24, 2.45) is 23.7 Å². The third-order valence-electron chi connectivity index (χ3n) is 10.4. The van der Waals surface area contributed by atoms with Gasteiger partial charge in [0.2, 0.25) is 0 Å². The molecule has 2 aliphatic carbocycles. The van der Waals surface area contributed by atoms with Gasteiger partial charge >= 0.3 is 11.9 Å². The van der Waals surface area contributed by atoms with Gasteiger partial charge in [-0.1, -0.05) is 19.3 Å². The molecule has 2 aromatic rings. The summed E-state index contributed by atoms with van der Waals surface area (Å²) in [7, 11) is 2.06. The third kappa shape index (κ3) is 5.73. The Labute approximate surface area is 243 Å². The van der Waals surface area contributed by atoms with Crippen molar-refractivity contribution in [3.8, 4) is 6.07 Å². The lowest BCUT2D eigenvalue weighted by Gasteiger charge is -2.46. The zero-order chi connectivity index (χ0) is 29.8. The second kappa shape index (κ2) is 11.2. The van der Waals surface area contributed by atoms with Gasteiger partial charge in [0, 0.05) is 44.0 Å². The molecule has 2 saturated heterocycles. The van der Waals surface area contributed by atoms with Gasteiger partial charge in [0.1, 0.15) is 5.67 Å². The monoisotopic (exact) mass is 591 g/mol. The average molecular weight is 592 g/mol. The summed E-state index contributed by atoms with van der Waals surface area (Å²) in [5.74, 6) is 0.677. The normalized spacial score (nSPS) is 30.3. The lowest BCUT2D eigenvalue weighted by atomic mass is 9.63. The van der Waals surface area contributed by atoms with E-state index in [1.165, 1.54) is 23.4 Å². The fourth-order valence-corrected chi connectivity index (χ4v) is 7.85. The molecular weight excluding hydrogens is 550 g/mol. The molecule has 0 amide bonds. The molecule has 2 aliphatic heterocycles. The van der Waals surface area contributed by atoms with Crippen LogP contribution in [0.5, 0.6) is 0 Å². The molecule has 12 heteroatoms. The van der Waals surface area contributed by atoms with Crippen LogP contribution in [0.25, 0.3) is 5.52 Å². The van der Waals surface area contributed by atoms with Gasteiger partial charge < -0.3 is 0 Å². The second-order valence-corrected chi connectivity index (χ2v) is 13.4. The molecule has 2 saturated carbocycles. The Morgan fingerprint density at radius 2 is 1.88 bits per heavy atom. The van der Waals surface area contributed by atoms with Crippen molar-refractivity contribution in [1.29, 1.82) is 5.26 Å². The molecule has 0 aromatic carbocycles. The van der Waals surface area contributed by atoms with Crippen molar-refractivity contribution in [3.63, 3.8) is 0 Å². The molecule has 2 N–H and O–H groups in total. The quantitative estimate of drug-likeness (QED) is 0.476. The first kappa shape index (κ1) is 29.6. The highest BCUT2D eigenvalue weighted by atomic mass is 19.4. The zero-order valence-corrected chi connectivity index (χ0v) is 24.3. The van der Waals surface area contributed by atoms with E-state index < -0.39 is 23.1 Å². The Morgan fingerprint density at radius 1 is 1.14 bits per heavy atom. The first-order valence-corrected chi connectivity index (χ1v) is 15.3. The van der Waals surface area contributed by atoms with Crippen molar-refractivity contribution < 1.29 is 17.6 Å². The van der Waals surface area contributed by atoms with Crippen LogP contribution in [0.2, 0.25) is 0 Å². The van der Waals surface area contributed by atoms with Crippen LogP contribution in [0.4, 0.5) is 17.6 Å². The summed E-state index contributed by atoms with van der Waals surface area (Å²) < 4.78 is 59.9. The first-order chi connectivity index (χ1) is 19.9. The molecule has 230 valence electrons. The molecule has 0 spiro atoms.